The second kappa shape index (κ2) is 6.90. The summed E-state index contributed by atoms with van der Waals surface area (Å²) >= 11 is 0. The van der Waals surface area contributed by atoms with Gasteiger partial charge in [-0.2, -0.15) is 0 Å². The number of hydrogen-bond acceptors (Lipinski definition) is 5. The molecule has 1 heterocycles. The van der Waals surface area contributed by atoms with Crippen molar-refractivity contribution in [3.05, 3.63) is 35.4 Å². The number of imide groups is 1. The molecule has 1 atom stereocenters. The fourth-order valence-electron chi connectivity index (χ4n) is 3.65. The van der Waals surface area contributed by atoms with Gasteiger partial charge in [0.05, 0.1) is 17.7 Å². The van der Waals surface area contributed by atoms with Gasteiger partial charge < -0.3 is 10.1 Å². The molecule has 1 N–H and O–H groups in total. The van der Waals surface area contributed by atoms with E-state index in [-0.39, 0.29) is 17.7 Å². The number of benzene rings is 1. The average Bonchev–Trinajstić information content (AvgIpc) is 3.20. The molecule has 138 valence electrons. The Bertz CT molecular complexity index is 732. The molecular weight excluding hydrogens is 336 g/mol. The first-order chi connectivity index (χ1) is 12.4. The molecule has 1 aliphatic heterocycles. The first-order valence-electron chi connectivity index (χ1n) is 8.87. The van der Waals surface area contributed by atoms with E-state index < -0.39 is 35.3 Å². The third-order valence-corrected chi connectivity index (χ3v) is 5.08. The highest BCUT2D eigenvalue weighted by molar-refractivity contribution is 6.22. The van der Waals surface area contributed by atoms with Crippen LogP contribution in [0.15, 0.2) is 24.3 Å². The van der Waals surface area contributed by atoms with E-state index in [1.807, 2.05) is 0 Å². The van der Waals surface area contributed by atoms with Crippen LogP contribution in [0.4, 0.5) is 0 Å². The second-order valence-electron chi connectivity index (χ2n) is 6.70. The zero-order valence-electron chi connectivity index (χ0n) is 14.9. The van der Waals surface area contributed by atoms with E-state index >= 15 is 0 Å². The van der Waals surface area contributed by atoms with E-state index in [1.54, 1.807) is 31.2 Å². The molecule has 1 saturated carbocycles. The number of nitrogens with zero attached hydrogens (tertiary/aromatic N) is 1. The van der Waals surface area contributed by atoms with Gasteiger partial charge in [-0.15, -0.1) is 0 Å². The lowest BCUT2D eigenvalue weighted by Gasteiger charge is -2.31. The zero-order chi connectivity index (χ0) is 18.9. The maximum absolute atomic E-state index is 12.8. The predicted octanol–water partition coefficient (Wildman–Crippen LogP) is 1.66. The van der Waals surface area contributed by atoms with Crippen LogP contribution in [0.5, 0.6) is 0 Å². The second-order valence-corrected chi connectivity index (χ2v) is 6.70. The lowest BCUT2D eigenvalue weighted by molar-refractivity contribution is -0.153. The van der Waals surface area contributed by atoms with Crippen molar-refractivity contribution in [2.45, 2.75) is 51.1 Å². The molecular formula is C19H22N2O5. The Morgan fingerprint density at radius 2 is 1.69 bits per heavy atom. The monoisotopic (exact) mass is 358 g/mol. The molecule has 1 aromatic carbocycles. The molecule has 7 heteroatoms. The first-order valence-corrected chi connectivity index (χ1v) is 8.87. The third kappa shape index (κ3) is 2.87. The Labute approximate surface area is 151 Å². The Balaban J connectivity index is 1.79. The van der Waals surface area contributed by atoms with Crippen molar-refractivity contribution in [3.63, 3.8) is 0 Å². The van der Waals surface area contributed by atoms with Gasteiger partial charge in [0, 0.05) is 0 Å². The van der Waals surface area contributed by atoms with Crippen molar-refractivity contribution in [2.75, 3.05) is 6.61 Å². The van der Waals surface area contributed by atoms with Crippen LogP contribution in [0.2, 0.25) is 0 Å². The van der Waals surface area contributed by atoms with Crippen molar-refractivity contribution >= 4 is 23.7 Å². The zero-order valence-corrected chi connectivity index (χ0v) is 14.9. The van der Waals surface area contributed by atoms with E-state index in [2.05, 4.69) is 5.32 Å². The number of esters is 1. The quantitative estimate of drug-likeness (QED) is 0.638. The molecule has 7 nitrogen and oxygen atoms in total. The van der Waals surface area contributed by atoms with Gasteiger partial charge >= 0.3 is 5.97 Å². The van der Waals surface area contributed by atoms with Crippen LogP contribution in [-0.2, 0) is 14.3 Å². The number of hydrogen-bond donors (Lipinski definition) is 1. The van der Waals surface area contributed by atoms with Crippen LogP contribution < -0.4 is 5.32 Å². The summed E-state index contributed by atoms with van der Waals surface area (Å²) in [5.41, 5.74) is -0.490. The summed E-state index contributed by atoms with van der Waals surface area (Å²) in [5, 5.41) is 2.76. The number of carbonyl (C=O) groups excluding carboxylic acids is 4. The summed E-state index contributed by atoms with van der Waals surface area (Å²) in [5.74, 6) is -1.98. The highest BCUT2D eigenvalue weighted by Crippen LogP contribution is 2.32. The molecule has 26 heavy (non-hydrogen) atoms. The first kappa shape index (κ1) is 18.1. The number of carbonyl (C=O) groups is 4. The van der Waals surface area contributed by atoms with E-state index in [1.165, 1.54) is 6.92 Å². The standard InChI is InChI=1S/C19H22N2O5/c1-3-26-18(25)19(10-6-7-11-19)20-15(22)12(2)21-16(23)13-8-4-5-9-14(13)17(21)24/h4-5,8-9,12H,3,6-7,10-11H2,1-2H3,(H,20,22). The molecule has 1 fully saturated rings. The number of rotatable bonds is 5. The van der Waals surface area contributed by atoms with Crippen LogP contribution in [0.3, 0.4) is 0 Å². The minimum atomic E-state index is -1.07. The molecule has 3 amide bonds. The van der Waals surface area contributed by atoms with E-state index in [9.17, 15) is 19.2 Å². The van der Waals surface area contributed by atoms with Crippen molar-refractivity contribution < 1.29 is 23.9 Å². The summed E-state index contributed by atoms with van der Waals surface area (Å²) in [4.78, 5) is 51.2. The summed E-state index contributed by atoms with van der Waals surface area (Å²) in [6.07, 6.45) is 2.60. The fourth-order valence-corrected chi connectivity index (χ4v) is 3.65. The SMILES string of the molecule is CCOC(=O)C1(NC(=O)C(C)N2C(=O)c3ccccc3C2=O)CCCC1. The Hall–Kier alpha value is -2.70. The largest absolute Gasteiger partial charge is 0.464 e. The lowest BCUT2D eigenvalue weighted by Crippen LogP contribution is -2.58. The van der Waals surface area contributed by atoms with Crippen molar-refractivity contribution in [3.8, 4) is 0 Å². The summed E-state index contributed by atoms with van der Waals surface area (Å²) < 4.78 is 5.13. The number of amides is 3. The molecule has 1 aromatic rings. The van der Waals surface area contributed by atoms with Gasteiger partial charge in [-0.3, -0.25) is 19.3 Å². The predicted molar refractivity (Wildman–Crippen MR) is 92.4 cm³/mol. The van der Waals surface area contributed by atoms with Crippen LogP contribution in [0.25, 0.3) is 0 Å². The minimum absolute atomic E-state index is 0.227. The molecule has 0 radical (unpaired) electrons. The van der Waals surface area contributed by atoms with Crippen molar-refractivity contribution in [2.24, 2.45) is 0 Å². The van der Waals surface area contributed by atoms with Crippen LogP contribution >= 0.6 is 0 Å². The van der Waals surface area contributed by atoms with Gasteiger partial charge in [-0.1, -0.05) is 25.0 Å². The lowest BCUT2D eigenvalue weighted by atomic mass is 9.97. The molecule has 1 aliphatic carbocycles. The normalized spacial score (nSPS) is 19.2. The highest BCUT2D eigenvalue weighted by Gasteiger charge is 2.47. The molecule has 0 bridgehead atoms. The Morgan fingerprint density at radius 1 is 1.15 bits per heavy atom. The van der Waals surface area contributed by atoms with Gasteiger partial charge in [-0.25, -0.2) is 4.79 Å². The maximum Gasteiger partial charge on any atom is 0.331 e. The molecule has 2 aliphatic rings. The minimum Gasteiger partial charge on any atom is -0.464 e. The molecule has 0 saturated heterocycles. The maximum atomic E-state index is 12.8. The topological polar surface area (TPSA) is 92.8 Å². The number of fused-ring (bicyclic) bond motifs is 1. The molecule has 0 aromatic heterocycles. The Kier molecular flexibility index (Phi) is 4.80. The van der Waals surface area contributed by atoms with E-state index in [0.717, 1.165) is 17.7 Å². The van der Waals surface area contributed by atoms with Gasteiger partial charge in [0.1, 0.15) is 11.6 Å². The average molecular weight is 358 g/mol. The van der Waals surface area contributed by atoms with Gasteiger partial charge in [0.2, 0.25) is 5.91 Å². The smallest absolute Gasteiger partial charge is 0.331 e. The van der Waals surface area contributed by atoms with Crippen LogP contribution in [-0.4, -0.2) is 46.8 Å². The van der Waals surface area contributed by atoms with E-state index in [4.69, 9.17) is 4.74 Å². The highest BCUT2D eigenvalue weighted by atomic mass is 16.5. The molecule has 1 unspecified atom stereocenters. The van der Waals surface area contributed by atoms with Crippen LogP contribution in [0.1, 0.15) is 60.2 Å². The number of nitrogens with one attached hydrogen (secondary N) is 1. The molecule has 0 spiro atoms. The van der Waals surface area contributed by atoms with Crippen molar-refractivity contribution in [1.82, 2.24) is 10.2 Å². The fraction of sp³-hybridized carbons (Fsp3) is 0.474. The summed E-state index contributed by atoms with van der Waals surface area (Å²) in [6, 6.07) is 5.46. The summed E-state index contributed by atoms with van der Waals surface area (Å²) in [6.45, 7) is 3.43. The Morgan fingerprint density at radius 3 is 2.19 bits per heavy atom. The van der Waals surface area contributed by atoms with Gasteiger partial charge in [0.25, 0.3) is 11.8 Å². The van der Waals surface area contributed by atoms with Gasteiger partial charge in [0.15, 0.2) is 0 Å². The summed E-state index contributed by atoms with van der Waals surface area (Å²) in [7, 11) is 0. The van der Waals surface area contributed by atoms with Crippen LogP contribution in [0, 0.1) is 0 Å². The van der Waals surface area contributed by atoms with Crippen molar-refractivity contribution in [1.29, 1.82) is 0 Å². The number of ether oxygens (including phenoxy) is 1. The third-order valence-electron chi connectivity index (χ3n) is 5.08. The van der Waals surface area contributed by atoms with Gasteiger partial charge in [-0.05, 0) is 38.8 Å². The molecule has 3 rings (SSSR count). The van der Waals surface area contributed by atoms with E-state index in [0.29, 0.717) is 12.8 Å².